The van der Waals surface area contributed by atoms with Crippen molar-refractivity contribution in [1.82, 2.24) is 5.32 Å². The van der Waals surface area contributed by atoms with E-state index < -0.39 is 5.82 Å². The summed E-state index contributed by atoms with van der Waals surface area (Å²) in [7, 11) is 0. The fourth-order valence-electron chi connectivity index (χ4n) is 2.40. The lowest BCUT2D eigenvalue weighted by molar-refractivity contribution is 0.0940. The van der Waals surface area contributed by atoms with Crippen LogP contribution in [-0.4, -0.2) is 5.91 Å². The minimum atomic E-state index is -0.452. The number of halogens is 1. The van der Waals surface area contributed by atoms with E-state index in [2.05, 4.69) is 11.4 Å². The number of aryl methyl sites for hydroxylation is 2. The molecule has 0 aliphatic heterocycles. The Balaban J connectivity index is 2.18. The number of rotatable bonds is 3. The van der Waals surface area contributed by atoms with E-state index >= 15 is 0 Å². The first-order valence-corrected chi connectivity index (χ1v) is 6.81. The van der Waals surface area contributed by atoms with Crippen LogP contribution in [-0.2, 0) is 0 Å². The number of nitrogens with two attached hydrogens (primary N) is 1. The largest absolute Gasteiger partial charge is 0.398 e. The van der Waals surface area contributed by atoms with Gasteiger partial charge in [0.05, 0.1) is 11.6 Å². The van der Waals surface area contributed by atoms with Crippen LogP contribution in [0.2, 0.25) is 0 Å². The summed E-state index contributed by atoms with van der Waals surface area (Å²) in [6, 6.07) is 9.71. The molecule has 1 unspecified atom stereocenters. The van der Waals surface area contributed by atoms with Gasteiger partial charge < -0.3 is 11.1 Å². The average Bonchev–Trinajstić information content (AvgIpc) is 2.37. The summed E-state index contributed by atoms with van der Waals surface area (Å²) in [5.74, 6) is -0.758. The fraction of sp³-hybridized carbons (Fsp3) is 0.235. The molecule has 0 aliphatic rings. The normalized spacial score (nSPS) is 12.0. The van der Waals surface area contributed by atoms with Gasteiger partial charge in [-0.1, -0.05) is 23.8 Å². The number of benzene rings is 2. The molecule has 0 saturated carbocycles. The molecule has 0 aromatic heterocycles. The van der Waals surface area contributed by atoms with Crippen molar-refractivity contribution in [2.45, 2.75) is 26.8 Å². The van der Waals surface area contributed by atoms with Crippen molar-refractivity contribution in [2.24, 2.45) is 0 Å². The lowest BCUT2D eigenvalue weighted by Gasteiger charge is -2.17. The standard InChI is InChI=1S/C17H19FN2O/c1-10-4-6-14(11(2)8-10)12(3)20-17(21)15-7-5-13(18)9-16(15)19/h4-9,12H,19H2,1-3H3,(H,20,21). The van der Waals surface area contributed by atoms with E-state index in [0.29, 0.717) is 0 Å². The zero-order valence-corrected chi connectivity index (χ0v) is 12.4. The minimum absolute atomic E-state index is 0.139. The third-order valence-electron chi connectivity index (χ3n) is 3.50. The first-order chi connectivity index (χ1) is 9.88. The summed E-state index contributed by atoms with van der Waals surface area (Å²) in [4.78, 5) is 12.2. The van der Waals surface area contributed by atoms with E-state index in [0.717, 1.165) is 17.2 Å². The highest BCUT2D eigenvalue weighted by Gasteiger charge is 2.15. The Morgan fingerprint density at radius 2 is 1.90 bits per heavy atom. The van der Waals surface area contributed by atoms with Gasteiger partial charge in [0.1, 0.15) is 5.82 Å². The van der Waals surface area contributed by atoms with Crippen LogP contribution in [0.4, 0.5) is 10.1 Å². The molecule has 2 rings (SSSR count). The fourth-order valence-corrected chi connectivity index (χ4v) is 2.40. The quantitative estimate of drug-likeness (QED) is 0.848. The van der Waals surface area contributed by atoms with Crippen LogP contribution in [0.15, 0.2) is 36.4 Å². The first kappa shape index (κ1) is 15.0. The number of carbonyl (C=O) groups excluding carboxylic acids is 1. The van der Waals surface area contributed by atoms with Crippen LogP contribution in [0.1, 0.15) is 40.0 Å². The Morgan fingerprint density at radius 3 is 2.52 bits per heavy atom. The molecule has 3 nitrogen and oxygen atoms in total. The molecule has 2 aromatic carbocycles. The minimum Gasteiger partial charge on any atom is -0.398 e. The van der Waals surface area contributed by atoms with Crippen LogP contribution >= 0.6 is 0 Å². The van der Waals surface area contributed by atoms with Crippen molar-refractivity contribution in [2.75, 3.05) is 5.73 Å². The molecule has 21 heavy (non-hydrogen) atoms. The van der Waals surface area contributed by atoms with Crippen LogP contribution in [0, 0.1) is 19.7 Å². The molecule has 0 aliphatic carbocycles. The molecule has 0 spiro atoms. The first-order valence-electron chi connectivity index (χ1n) is 6.81. The lowest BCUT2D eigenvalue weighted by atomic mass is 10.00. The number of amides is 1. The summed E-state index contributed by atoms with van der Waals surface area (Å²) >= 11 is 0. The SMILES string of the molecule is Cc1ccc(C(C)NC(=O)c2ccc(F)cc2N)c(C)c1. The van der Waals surface area contributed by atoms with Gasteiger partial charge >= 0.3 is 0 Å². The van der Waals surface area contributed by atoms with E-state index in [-0.39, 0.29) is 23.2 Å². The van der Waals surface area contributed by atoms with Gasteiger partial charge in [-0.3, -0.25) is 4.79 Å². The molecule has 0 radical (unpaired) electrons. The van der Waals surface area contributed by atoms with Crippen molar-refractivity contribution in [3.05, 3.63) is 64.5 Å². The zero-order valence-electron chi connectivity index (χ0n) is 12.4. The molecule has 0 fully saturated rings. The van der Waals surface area contributed by atoms with Gasteiger partial charge in [0, 0.05) is 5.69 Å². The maximum Gasteiger partial charge on any atom is 0.253 e. The van der Waals surface area contributed by atoms with Gasteiger partial charge in [-0.25, -0.2) is 4.39 Å². The molecule has 1 atom stereocenters. The van der Waals surface area contributed by atoms with Crippen molar-refractivity contribution in [3.8, 4) is 0 Å². The average molecular weight is 286 g/mol. The molecule has 0 bridgehead atoms. The monoisotopic (exact) mass is 286 g/mol. The third kappa shape index (κ3) is 3.40. The van der Waals surface area contributed by atoms with Gasteiger partial charge in [0.15, 0.2) is 0 Å². The zero-order chi connectivity index (χ0) is 15.6. The van der Waals surface area contributed by atoms with E-state index in [1.807, 2.05) is 32.9 Å². The summed E-state index contributed by atoms with van der Waals surface area (Å²) in [5.41, 5.74) is 9.46. The van der Waals surface area contributed by atoms with Crippen molar-refractivity contribution < 1.29 is 9.18 Å². The topological polar surface area (TPSA) is 55.1 Å². The molecular formula is C17H19FN2O. The van der Waals surface area contributed by atoms with Crippen LogP contribution in [0.3, 0.4) is 0 Å². The van der Waals surface area contributed by atoms with Gasteiger partial charge in [-0.2, -0.15) is 0 Å². The van der Waals surface area contributed by atoms with Gasteiger partial charge in [-0.05, 0) is 50.1 Å². The molecule has 110 valence electrons. The predicted molar refractivity (Wildman–Crippen MR) is 82.6 cm³/mol. The van der Waals surface area contributed by atoms with E-state index in [4.69, 9.17) is 5.73 Å². The molecule has 3 N–H and O–H groups in total. The summed E-state index contributed by atoms with van der Waals surface area (Å²) in [6.45, 7) is 5.95. The molecule has 0 heterocycles. The second kappa shape index (κ2) is 5.95. The number of anilines is 1. The van der Waals surface area contributed by atoms with Crippen molar-refractivity contribution >= 4 is 11.6 Å². The van der Waals surface area contributed by atoms with Crippen molar-refractivity contribution in [1.29, 1.82) is 0 Å². The number of nitrogen functional groups attached to an aromatic ring is 1. The molecular weight excluding hydrogens is 267 g/mol. The Morgan fingerprint density at radius 1 is 1.19 bits per heavy atom. The second-order valence-electron chi connectivity index (χ2n) is 5.29. The highest BCUT2D eigenvalue weighted by molar-refractivity contribution is 5.99. The van der Waals surface area contributed by atoms with E-state index in [9.17, 15) is 9.18 Å². The van der Waals surface area contributed by atoms with Gasteiger partial charge in [-0.15, -0.1) is 0 Å². The van der Waals surface area contributed by atoms with E-state index in [1.54, 1.807) is 0 Å². The maximum absolute atomic E-state index is 13.0. The maximum atomic E-state index is 13.0. The Bertz CT molecular complexity index is 682. The summed E-state index contributed by atoms with van der Waals surface area (Å²) in [5, 5.41) is 2.89. The van der Waals surface area contributed by atoms with Gasteiger partial charge in [0.25, 0.3) is 5.91 Å². The Labute approximate surface area is 124 Å². The van der Waals surface area contributed by atoms with Crippen LogP contribution < -0.4 is 11.1 Å². The highest BCUT2D eigenvalue weighted by atomic mass is 19.1. The Kier molecular flexibility index (Phi) is 4.26. The molecule has 4 heteroatoms. The summed E-state index contributed by atoms with van der Waals surface area (Å²) in [6.07, 6.45) is 0. The number of carbonyl (C=O) groups is 1. The van der Waals surface area contributed by atoms with Crippen LogP contribution in [0.5, 0.6) is 0 Å². The van der Waals surface area contributed by atoms with Crippen molar-refractivity contribution in [3.63, 3.8) is 0 Å². The number of hydrogen-bond donors (Lipinski definition) is 2. The third-order valence-corrected chi connectivity index (χ3v) is 3.50. The smallest absolute Gasteiger partial charge is 0.253 e. The predicted octanol–water partition coefficient (Wildman–Crippen LogP) is 3.52. The number of nitrogens with one attached hydrogen (secondary N) is 1. The molecule has 0 saturated heterocycles. The molecule has 1 amide bonds. The second-order valence-corrected chi connectivity index (χ2v) is 5.29. The summed E-state index contributed by atoms with van der Waals surface area (Å²) < 4.78 is 13.0. The lowest BCUT2D eigenvalue weighted by Crippen LogP contribution is -2.27. The van der Waals surface area contributed by atoms with Gasteiger partial charge in [0.2, 0.25) is 0 Å². The number of hydrogen-bond acceptors (Lipinski definition) is 2. The highest BCUT2D eigenvalue weighted by Crippen LogP contribution is 2.20. The Hall–Kier alpha value is -2.36. The molecule has 2 aromatic rings. The van der Waals surface area contributed by atoms with E-state index in [1.165, 1.54) is 17.7 Å². The van der Waals surface area contributed by atoms with Crippen LogP contribution in [0.25, 0.3) is 0 Å².